The molecule has 6 heteroatoms. The molecule has 0 aliphatic rings. The largest absolute Gasteiger partial charge is 0.466 e. The second kappa shape index (κ2) is 48.7. The Morgan fingerprint density at radius 1 is 0.458 bits per heavy atom. The van der Waals surface area contributed by atoms with Gasteiger partial charge in [-0.2, -0.15) is 0 Å². The zero-order chi connectivity index (χ0) is 43.0. The third kappa shape index (κ3) is 45.4. The van der Waals surface area contributed by atoms with Crippen LogP contribution in [0.1, 0.15) is 264 Å². The topological polar surface area (TPSA) is 95.9 Å². The number of aliphatic hydroxyl groups is 2. The molecule has 0 saturated carbocycles. The van der Waals surface area contributed by atoms with E-state index in [0.717, 1.165) is 77.0 Å². The number of amides is 1. The summed E-state index contributed by atoms with van der Waals surface area (Å²) in [5.74, 6) is -0.153. The highest BCUT2D eigenvalue weighted by atomic mass is 16.5. The molecule has 0 aromatic carbocycles. The summed E-state index contributed by atoms with van der Waals surface area (Å²) in [6.45, 7) is 4.78. The van der Waals surface area contributed by atoms with Gasteiger partial charge in [-0.25, -0.2) is 0 Å². The van der Waals surface area contributed by atoms with E-state index in [9.17, 15) is 19.8 Å². The summed E-state index contributed by atoms with van der Waals surface area (Å²) in [5, 5.41) is 23.1. The van der Waals surface area contributed by atoms with Gasteiger partial charge in [0.05, 0.1) is 25.4 Å². The smallest absolute Gasteiger partial charge is 0.305 e. The summed E-state index contributed by atoms with van der Waals surface area (Å²) in [7, 11) is 0. The van der Waals surface area contributed by atoms with Crippen LogP contribution in [-0.2, 0) is 14.3 Å². The van der Waals surface area contributed by atoms with Gasteiger partial charge >= 0.3 is 5.97 Å². The Morgan fingerprint density at radius 3 is 1.24 bits per heavy atom. The highest BCUT2D eigenvalue weighted by molar-refractivity contribution is 5.76. The molecule has 2 atom stereocenters. The predicted octanol–water partition coefficient (Wildman–Crippen LogP) is 15.3. The first-order valence-electron chi connectivity index (χ1n) is 25.8. The molecular formula is C53H99NO5. The van der Waals surface area contributed by atoms with Crippen molar-refractivity contribution in [1.82, 2.24) is 5.32 Å². The number of carbonyl (C=O) groups excluding carboxylic acids is 2. The van der Waals surface area contributed by atoms with Gasteiger partial charge in [0.15, 0.2) is 0 Å². The van der Waals surface area contributed by atoms with Crippen LogP contribution >= 0.6 is 0 Å². The van der Waals surface area contributed by atoms with Crippen LogP contribution in [0.4, 0.5) is 0 Å². The van der Waals surface area contributed by atoms with Crippen molar-refractivity contribution in [3.63, 3.8) is 0 Å². The monoisotopic (exact) mass is 830 g/mol. The van der Waals surface area contributed by atoms with Crippen LogP contribution in [0.3, 0.4) is 0 Å². The fourth-order valence-corrected chi connectivity index (χ4v) is 7.62. The molecule has 0 bridgehead atoms. The van der Waals surface area contributed by atoms with Crippen LogP contribution in [-0.4, -0.2) is 47.4 Å². The first-order valence-corrected chi connectivity index (χ1v) is 25.8. The van der Waals surface area contributed by atoms with Crippen LogP contribution in [0, 0.1) is 0 Å². The lowest BCUT2D eigenvalue weighted by molar-refractivity contribution is -0.143. The van der Waals surface area contributed by atoms with E-state index in [1.54, 1.807) is 6.08 Å². The summed E-state index contributed by atoms with van der Waals surface area (Å²) >= 11 is 0. The molecule has 1 amide bonds. The van der Waals surface area contributed by atoms with Gasteiger partial charge in [-0.1, -0.05) is 204 Å². The number of rotatable bonds is 47. The van der Waals surface area contributed by atoms with Gasteiger partial charge in [0.2, 0.25) is 5.91 Å². The average molecular weight is 830 g/mol. The molecule has 0 saturated heterocycles. The molecule has 346 valence electrons. The Hall–Kier alpha value is -1.92. The fourth-order valence-electron chi connectivity index (χ4n) is 7.62. The van der Waals surface area contributed by atoms with Crippen LogP contribution in [0.5, 0.6) is 0 Å². The third-order valence-electron chi connectivity index (χ3n) is 11.6. The lowest BCUT2D eigenvalue weighted by Crippen LogP contribution is -2.45. The molecule has 0 aromatic heterocycles. The van der Waals surface area contributed by atoms with Crippen molar-refractivity contribution in [3.05, 3.63) is 36.5 Å². The first-order chi connectivity index (χ1) is 29.0. The Bertz CT molecular complexity index is 962. The van der Waals surface area contributed by atoms with E-state index in [2.05, 4.69) is 43.5 Å². The molecule has 0 spiro atoms. The molecule has 3 N–H and O–H groups in total. The predicted molar refractivity (Wildman–Crippen MR) is 255 cm³/mol. The molecule has 0 fully saturated rings. The SMILES string of the molecule is CCCCC/C=C\CCCCCCCC(=O)OCCCC/C=C\CCCCCCC(=O)NC(CO)C(O)/C=C/CCCCCCCCCCCCCCCCCCCC. The zero-order valence-electron chi connectivity index (χ0n) is 39.2. The number of nitrogens with one attached hydrogen (secondary N) is 1. The van der Waals surface area contributed by atoms with Gasteiger partial charge in [0, 0.05) is 12.8 Å². The summed E-state index contributed by atoms with van der Waals surface area (Å²) in [6.07, 6.45) is 58.6. The molecule has 0 radical (unpaired) electrons. The molecule has 0 heterocycles. The molecule has 6 nitrogen and oxygen atoms in total. The number of hydrogen-bond donors (Lipinski definition) is 3. The van der Waals surface area contributed by atoms with Gasteiger partial charge < -0.3 is 20.3 Å². The van der Waals surface area contributed by atoms with Crippen molar-refractivity contribution in [2.24, 2.45) is 0 Å². The summed E-state index contributed by atoms with van der Waals surface area (Å²) in [6, 6.07) is -0.654. The molecule has 0 aromatic rings. The van der Waals surface area contributed by atoms with Crippen LogP contribution in [0.15, 0.2) is 36.5 Å². The van der Waals surface area contributed by atoms with Gasteiger partial charge in [-0.05, 0) is 83.5 Å². The van der Waals surface area contributed by atoms with E-state index in [-0.39, 0.29) is 18.5 Å². The van der Waals surface area contributed by atoms with Gasteiger partial charge in [0.25, 0.3) is 0 Å². The van der Waals surface area contributed by atoms with Crippen LogP contribution in [0.2, 0.25) is 0 Å². The summed E-state index contributed by atoms with van der Waals surface area (Å²) in [4.78, 5) is 24.4. The van der Waals surface area contributed by atoms with Gasteiger partial charge in [0.1, 0.15) is 0 Å². The minimum Gasteiger partial charge on any atom is -0.466 e. The molecule has 0 aliphatic heterocycles. The van der Waals surface area contributed by atoms with Crippen molar-refractivity contribution in [1.29, 1.82) is 0 Å². The maximum atomic E-state index is 12.4. The second-order valence-corrected chi connectivity index (χ2v) is 17.5. The van der Waals surface area contributed by atoms with E-state index in [4.69, 9.17) is 4.74 Å². The van der Waals surface area contributed by atoms with Crippen molar-refractivity contribution in [2.45, 2.75) is 276 Å². The number of allylic oxidation sites excluding steroid dienone is 5. The molecule has 0 aliphatic carbocycles. The van der Waals surface area contributed by atoms with E-state index in [1.165, 1.54) is 161 Å². The Balaban J connectivity index is 3.58. The quantitative estimate of drug-likeness (QED) is 0.0323. The standard InChI is InChI=1S/C53H99NO5/c1-3-5-7-9-11-13-15-17-18-19-20-21-22-23-24-25-29-33-37-41-45-51(56)50(49-55)54-52(57)46-42-38-34-30-27-28-32-36-40-44-48-59-53(58)47-43-39-35-31-26-16-14-12-10-8-6-4-2/h12,14,28,32,41,45,50-51,55-56H,3-11,13,15-27,29-31,33-40,42-44,46-49H2,1-2H3,(H,54,57)/b14-12-,32-28-,45-41+. The van der Waals surface area contributed by atoms with Gasteiger partial charge in [-0.15, -0.1) is 0 Å². The molecular weight excluding hydrogens is 731 g/mol. The van der Waals surface area contributed by atoms with E-state index < -0.39 is 12.1 Å². The normalized spacial score (nSPS) is 12.9. The van der Waals surface area contributed by atoms with Gasteiger partial charge in [-0.3, -0.25) is 9.59 Å². The van der Waals surface area contributed by atoms with Crippen molar-refractivity contribution < 1.29 is 24.5 Å². The number of esters is 1. The maximum Gasteiger partial charge on any atom is 0.305 e. The highest BCUT2D eigenvalue weighted by Crippen LogP contribution is 2.15. The van der Waals surface area contributed by atoms with E-state index in [1.807, 2.05) is 6.08 Å². The van der Waals surface area contributed by atoms with Crippen molar-refractivity contribution in [2.75, 3.05) is 13.2 Å². The Kier molecular flexibility index (Phi) is 47.2. The molecule has 59 heavy (non-hydrogen) atoms. The third-order valence-corrected chi connectivity index (χ3v) is 11.6. The van der Waals surface area contributed by atoms with E-state index in [0.29, 0.717) is 19.4 Å². The fraction of sp³-hybridized carbons (Fsp3) is 0.849. The number of carbonyl (C=O) groups is 2. The highest BCUT2D eigenvalue weighted by Gasteiger charge is 2.18. The van der Waals surface area contributed by atoms with Crippen LogP contribution in [0.25, 0.3) is 0 Å². The number of hydrogen-bond acceptors (Lipinski definition) is 5. The average Bonchev–Trinajstić information content (AvgIpc) is 3.24. The summed E-state index contributed by atoms with van der Waals surface area (Å²) < 4.78 is 5.41. The number of ether oxygens (including phenoxy) is 1. The Labute approximate surface area is 366 Å². The van der Waals surface area contributed by atoms with E-state index >= 15 is 0 Å². The second-order valence-electron chi connectivity index (χ2n) is 17.5. The first kappa shape index (κ1) is 57.1. The maximum absolute atomic E-state index is 12.4. The van der Waals surface area contributed by atoms with Crippen molar-refractivity contribution in [3.8, 4) is 0 Å². The minimum atomic E-state index is -0.867. The van der Waals surface area contributed by atoms with Crippen molar-refractivity contribution >= 4 is 11.9 Å². The number of aliphatic hydroxyl groups excluding tert-OH is 2. The van der Waals surface area contributed by atoms with Crippen LogP contribution < -0.4 is 5.32 Å². The lowest BCUT2D eigenvalue weighted by Gasteiger charge is -2.20. The zero-order valence-corrected chi connectivity index (χ0v) is 39.2. The summed E-state index contributed by atoms with van der Waals surface area (Å²) in [5.41, 5.74) is 0. The molecule has 2 unspecified atom stereocenters. The Morgan fingerprint density at radius 2 is 0.797 bits per heavy atom. The lowest BCUT2D eigenvalue weighted by atomic mass is 10.0. The molecule has 0 rings (SSSR count). The minimum absolute atomic E-state index is 0.0488. The number of unbranched alkanes of at least 4 members (excludes halogenated alkanes) is 32.